The third kappa shape index (κ3) is 4.43. The van der Waals surface area contributed by atoms with Crippen LogP contribution < -0.4 is 4.90 Å². The average molecular weight is 398 g/mol. The number of pyridine rings is 1. The lowest BCUT2D eigenvalue weighted by Crippen LogP contribution is -2.31. The number of carbonyl (C=O) groups is 1. The first kappa shape index (κ1) is 19.7. The highest BCUT2D eigenvalue weighted by Gasteiger charge is 2.22. The second kappa shape index (κ2) is 7.90. The number of carbonyl (C=O) groups excluding carboxylic acids is 1. The highest BCUT2D eigenvalue weighted by atomic mass is 32.2. The molecule has 0 radical (unpaired) electrons. The fraction of sp³-hybridized carbons (Fsp3) is 0.143. The van der Waals surface area contributed by atoms with Gasteiger partial charge in [-0.05, 0) is 61.0 Å². The predicted molar refractivity (Wildman–Crippen MR) is 105 cm³/mol. The van der Waals surface area contributed by atoms with Crippen molar-refractivity contribution in [3.63, 3.8) is 0 Å². The Morgan fingerprint density at radius 1 is 1.07 bits per heavy atom. The smallest absolute Gasteiger partial charge is 0.258 e. The molecule has 0 unspecified atom stereocenters. The van der Waals surface area contributed by atoms with Crippen molar-refractivity contribution in [1.82, 2.24) is 4.98 Å². The zero-order chi connectivity index (χ0) is 20.3. The third-order valence-corrected chi connectivity index (χ3v) is 5.41. The summed E-state index contributed by atoms with van der Waals surface area (Å²) in [5.74, 6) is -0.801. The van der Waals surface area contributed by atoms with Crippen LogP contribution in [0, 0.1) is 12.7 Å². The summed E-state index contributed by atoms with van der Waals surface area (Å²) in [6.45, 7) is 1.90. The highest BCUT2D eigenvalue weighted by molar-refractivity contribution is 7.90. The van der Waals surface area contributed by atoms with E-state index in [1.54, 1.807) is 31.3 Å². The Kier molecular flexibility index (Phi) is 5.56. The number of rotatable bonds is 5. The second-order valence-electron chi connectivity index (χ2n) is 6.44. The summed E-state index contributed by atoms with van der Waals surface area (Å²) in [4.78, 5) is 19.1. The third-order valence-electron chi connectivity index (χ3n) is 4.30. The molecule has 0 atom stereocenters. The number of benzene rings is 2. The number of halogens is 1. The summed E-state index contributed by atoms with van der Waals surface area (Å²) < 4.78 is 37.2. The zero-order valence-electron chi connectivity index (χ0n) is 15.5. The van der Waals surface area contributed by atoms with Gasteiger partial charge in [-0.25, -0.2) is 12.8 Å². The van der Waals surface area contributed by atoms with Crippen molar-refractivity contribution in [1.29, 1.82) is 0 Å². The van der Waals surface area contributed by atoms with Crippen molar-refractivity contribution in [3.05, 3.63) is 89.5 Å². The van der Waals surface area contributed by atoms with Crippen LogP contribution in [0.4, 0.5) is 10.1 Å². The van der Waals surface area contributed by atoms with Crippen LogP contribution in [0.2, 0.25) is 0 Å². The van der Waals surface area contributed by atoms with Crippen molar-refractivity contribution in [3.8, 4) is 0 Å². The summed E-state index contributed by atoms with van der Waals surface area (Å²) in [6.07, 6.45) is 2.72. The maximum atomic E-state index is 13.4. The van der Waals surface area contributed by atoms with Gasteiger partial charge in [-0.2, -0.15) is 0 Å². The number of aryl methyl sites for hydroxylation is 1. The van der Waals surface area contributed by atoms with Crippen LogP contribution in [0.5, 0.6) is 0 Å². The van der Waals surface area contributed by atoms with Gasteiger partial charge in [-0.3, -0.25) is 9.78 Å². The fourth-order valence-electron chi connectivity index (χ4n) is 2.76. The molecular weight excluding hydrogens is 379 g/mol. The van der Waals surface area contributed by atoms with E-state index in [4.69, 9.17) is 0 Å². The Labute approximate surface area is 163 Å². The topological polar surface area (TPSA) is 67.3 Å². The molecule has 2 aromatic carbocycles. The van der Waals surface area contributed by atoms with E-state index in [9.17, 15) is 17.6 Å². The van der Waals surface area contributed by atoms with Gasteiger partial charge in [0, 0.05) is 23.7 Å². The van der Waals surface area contributed by atoms with Gasteiger partial charge < -0.3 is 4.90 Å². The maximum Gasteiger partial charge on any atom is 0.258 e. The van der Waals surface area contributed by atoms with Crippen molar-refractivity contribution in [2.45, 2.75) is 18.4 Å². The molecule has 0 bridgehead atoms. The first-order valence-corrected chi connectivity index (χ1v) is 10.4. The van der Waals surface area contributed by atoms with E-state index < -0.39 is 15.7 Å². The summed E-state index contributed by atoms with van der Waals surface area (Å²) in [5.41, 5.74) is 2.05. The molecule has 0 saturated heterocycles. The number of anilines is 1. The SMILES string of the molecule is Cc1ccc(S(C)(=O)=O)cc1C(=O)N(Cc1ccccn1)c1ccc(F)cc1. The van der Waals surface area contributed by atoms with E-state index >= 15 is 0 Å². The zero-order valence-corrected chi connectivity index (χ0v) is 16.3. The molecule has 0 aliphatic heterocycles. The second-order valence-corrected chi connectivity index (χ2v) is 8.45. The number of nitrogens with zero attached hydrogens (tertiary/aromatic N) is 2. The molecule has 0 N–H and O–H groups in total. The normalized spacial score (nSPS) is 11.2. The molecule has 1 aromatic heterocycles. The van der Waals surface area contributed by atoms with Crippen LogP contribution in [0.1, 0.15) is 21.6 Å². The molecule has 0 aliphatic carbocycles. The number of amides is 1. The van der Waals surface area contributed by atoms with Crippen LogP contribution in [0.15, 0.2) is 71.8 Å². The Morgan fingerprint density at radius 3 is 2.39 bits per heavy atom. The highest BCUT2D eigenvalue weighted by Crippen LogP contribution is 2.23. The minimum absolute atomic E-state index is 0.0679. The molecule has 0 aliphatic rings. The van der Waals surface area contributed by atoms with E-state index in [1.165, 1.54) is 41.3 Å². The number of hydrogen-bond donors (Lipinski definition) is 0. The quantitative estimate of drug-likeness (QED) is 0.656. The fourth-order valence-corrected chi connectivity index (χ4v) is 3.41. The van der Waals surface area contributed by atoms with Crippen LogP contribution in [0.3, 0.4) is 0 Å². The van der Waals surface area contributed by atoms with E-state index in [0.717, 1.165) is 6.26 Å². The van der Waals surface area contributed by atoms with Gasteiger partial charge in [-0.1, -0.05) is 12.1 Å². The number of hydrogen-bond acceptors (Lipinski definition) is 4. The Balaban J connectivity index is 2.07. The molecule has 3 rings (SSSR count). The number of aromatic nitrogens is 1. The summed E-state index contributed by atoms with van der Waals surface area (Å²) in [6, 6.07) is 15.4. The molecule has 1 amide bonds. The van der Waals surface area contributed by atoms with Gasteiger partial charge >= 0.3 is 0 Å². The van der Waals surface area contributed by atoms with Crippen LogP contribution in [-0.2, 0) is 16.4 Å². The molecule has 0 spiro atoms. The minimum Gasteiger partial charge on any atom is -0.302 e. The lowest BCUT2D eigenvalue weighted by atomic mass is 10.1. The summed E-state index contributed by atoms with van der Waals surface area (Å²) >= 11 is 0. The maximum absolute atomic E-state index is 13.4. The van der Waals surface area contributed by atoms with Gasteiger partial charge in [0.2, 0.25) is 0 Å². The molecule has 3 aromatic rings. The average Bonchev–Trinajstić information content (AvgIpc) is 2.67. The summed E-state index contributed by atoms with van der Waals surface area (Å²) in [5, 5.41) is 0. The molecule has 1 heterocycles. The molecule has 0 fully saturated rings. The van der Waals surface area contributed by atoms with Crippen LogP contribution >= 0.6 is 0 Å². The lowest BCUT2D eigenvalue weighted by Gasteiger charge is -2.24. The first-order chi connectivity index (χ1) is 13.3. The molecule has 28 heavy (non-hydrogen) atoms. The van der Waals surface area contributed by atoms with Gasteiger partial charge in [-0.15, -0.1) is 0 Å². The largest absolute Gasteiger partial charge is 0.302 e. The van der Waals surface area contributed by atoms with E-state index in [1.807, 2.05) is 6.07 Å². The number of sulfone groups is 1. The van der Waals surface area contributed by atoms with Crippen molar-refractivity contribution in [2.24, 2.45) is 0 Å². The van der Waals surface area contributed by atoms with Gasteiger partial charge in [0.25, 0.3) is 5.91 Å². The molecular formula is C21H19FN2O3S. The standard InChI is InChI=1S/C21H19FN2O3S/c1-15-6-11-19(28(2,26)27)13-20(15)21(25)24(14-17-5-3-4-12-23-17)18-9-7-16(22)8-10-18/h3-13H,14H2,1-2H3. The molecule has 7 heteroatoms. The predicted octanol–water partition coefficient (Wildman–Crippen LogP) is 3.78. The molecule has 5 nitrogen and oxygen atoms in total. The Morgan fingerprint density at radius 2 is 1.79 bits per heavy atom. The first-order valence-electron chi connectivity index (χ1n) is 8.54. The van der Waals surface area contributed by atoms with E-state index in [2.05, 4.69) is 4.98 Å². The van der Waals surface area contributed by atoms with Gasteiger partial charge in [0.15, 0.2) is 9.84 Å². The van der Waals surface area contributed by atoms with Crippen LogP contribution in [-0.4, -0.2) is 25.6 Å². The minimum atomic E-state index is -3.46. The lowest BCUT2D eigenvalue weighted by molar-refractivity contribution is 0.0984. The van der Waals surface area contributed by atoms with Gasteiger partial charge in [0.05, 0.1) is 17.1 Å². The van der Waals surface area contributed by atoms with E-state index in [-0.39, 0.29) is 22.9 Å². The summed E-state index contributed by atoms with van der Waals surface area (Å²) in [7, 11) is -3.46. The molecule has 0 saturated carbocycles. The van der Waals surface area contributed by atoms with E-state index in [0.29, 0.717) is 16.9 Å². The van der Waals surface area contributed by atoms with Crippen LogP contribution in [0.25, 0.3) is 0 Å². The Hall–Kier alpha value is -3.06. The van der Waals surface area contributed by atoms with Crippen molar-refractivity contribution in [2.75, 3.05) is 11.2 Å². The Bertz CT molecular complexity index is 1100. The monoisotopic (exact) mass is 398 g/mol. The van der Waals surface area contributed by atoms with Crippen molar-refractivity contribution < 1.29 is 17.6 Å². The van der Waals surface area contributed by atoms with Crippen molar-refractivity contribution >= 4 is 21.4 Å². The molecule has 144 valence electrons. The van der Waals surface area contributed by atoms with Gasteiger partial charge in [0.1, 0.15) is 5.82 Å².